The first-order valence-electron chi connectivity index (χ1n) is 6.88. The number of halogens is 3. The van der Waals surface area contributed by atoms with Crippen LogP contribution < -0.4 is 5.32 Å². The number of nitrogens with one attached hydrogen (secondary N) is 1. The summed E-state index contributed by atoms with van der Waals surface area (Å²) in [5.74, 6) is -0.168. The number of benzene rings is 1. The van der Waals surface area contributed by atoms with E-state index in [0.717, 1.165) is 6.07 Å². The minimum absolute atomic E-state index is 0.0508. The summed E-state index contributed by atoms with van der Waals surface area (Å²) in [5, 5.41) is 2.67. The number of anilines is 1. The Bertz CT molecular complexity index is 498. The maximum atomic E-state index is 13.1. The third-order valence-corrected chi connectivity index (χ3v) is 2.94. The molecule has 0 spiro atoms. The van der Waals surface area contributed by atoms with Crippen molar-refractivity contribution < 1.29 is 18.0 Å². The quantitative estimate of drug-likeness (QED) is 0.895. The van der Waals surface area contributed by atoms with Crippen LogP contribution in [0.15, 0.2) is 18.2 Å². The first-order chi connectivity index (χ1) is 9.68. The van der Waals surface area contributed by atoms with E-state index in [1.165, 1.54) is 17.0 Å². The van der Waals surface area contributed by atoms with E-state index in [1.807, 2.05) is 13.8 Å². The standard InChI is InChI=1S/C15H21F3N2O/c1-5-19-13-11(14(21)20(4)9-10(2)3)7-6-8-12(13)15(16,17)18/h6-8,10,19H,5,9H2,1-4H3. The lowest BCUT2D eigenvalue weighted by Crippen LogP contribution is -2.31. The van der Waals surface area contributed by atoms with Gasteiger partial charge in [0.05, 0.1) is 16.8 Å². The molecule has 1 N–H and O–H groups in total. The van der Waals surface area contributed by atoms with E-state index in [0.29, 0.717) is 13.1 Å². The summed E-state index contributed by atoms with van der Waals surface area (Å²) < 4.78 is 39.2. The van der Waals surface area contributed by atoms with Crippen molar-refractivity contribution in [3.63, 3.8) is 0 Å². The second-order valence-electron chi connectivity index (χ2n) is 5.34. The lowest BCUT2D eigenvalue weighted by Gasteiger charge is -2.23. The summed E-state index contributed by atoms with van der Waals surface area (Å²) >= 11 is 0. The number of rotatable bonds is 5. The molecule has 0 heterocycles. The van der Waals surface area contributed by atoms with Gasteiger partial charge in [0, 0.05) is 20.1 Å². The van der Waals surface area contributed by atoms with Crippen molar-refractivity contribution in [1.29, 1.82) is 0 Å². The predicted molar refractivity (Wildman–Crippen MR) is 77.4 cm³/mol. The molecule has 118 valence electrons. The van der Waals surface area contributed by atoms with Crippen LogP contribution >= 0.6 is 0 Å². The fourth-order valence-corrected chi connectivity index (χ4v) is 2.17. The Hall–Kier alpha value is -1.72. The van der Waals surface area contributed by atoms with Crippen LogP contribution in [-0.4, -0.2) is 30.9 Å². The zero-order chi connectivity index (χ0) is 16.2. The van der Waals surface area contributed by atoms with E-state index in [-0.39, 0.29) is 17.2 Å². The van der Waals surface area contributed by atoms with Gasteiger partial charge >= 0.3 is 6.18 Å². The van der Waals surface area contributed by atoms with E-state index in [9.17, 15) is 18.0 Å². The summed E-state index contributed by atoms with van der Waals surface area (Å²) in [7, 11) is 1.60. The summed E-state index contributed by atoms with van der Waals surface area (Å²) in [6.07, 6.45) is -4.50. The van der Waals surface area contributed by atoms with Gasteiger partial charge < -0.3 is 10.2 Å². The molecule has 21 heavy (non-hydrogen) atoms. The van der Waals surface area contributed by atoms with E-state index < -0.39 is 17.6 Å². The third kappa shape index (κ3) is 4.37. The fourth-order valence-electron chi connectivity index (χ4n) is 2.17. The third-order valence-electron chi connectivity index (χ3n) is 2.94. The molecule has 0 aromatic heterocycles. The summed E-state index contributed by atoms with van der Waals surface area (Å²) in [6, 6.07) is 3.67. The van der Waals surface area contributed by atoms with Crippen molar-refractivity contribution in [2.45, 2.75) is 26.9 Å². The van der Waals surface area contributed by atoms with Gasteiger partial charge in [-0.05, 0) is 25.0 Å². The molecule has 1 aromatic carbocycles. The van der Waals surface area contributed by atoms with Gasteiger partial charge in [-0.1, -0.05) is 19.9 Å². The molecule has 0 bridgehead atoms. The highest BCUT2D eigenvalue weighted by atomic mass is 19.4. The lowest BCUT2D eigenvalue weighted by atomic mass is 10.0. The molecule has 3 nitrogen and oxygen atoms in total. The predicted octanol–water partition coefficient (Wildman–Crippen LogP) is 3.87. The van der Waals surface area contributed by atoms with Crippen LogP contribution in [-0.2, 0) is 6.18 Å². The average Bonchev–Trinajstić information content (AvgIpc) is 2.36. The molecule has 1 aromatic rings. The van der Waals surface area contributed by atoms with Crippen molar-refractivity contribution in [3.8, 4) is 0 Å². The number of alkyl halides is 3. The number of carbonyl (C=O) groups is 1. The molecule has 0 fully saturated rings. The van der Waals surface area contributed by atoms with Crippen molar-refractivity contribution in [3.05, 3.63) is 29.3 Å². The molecule has 1 amide bonds. The molecular weight excluding hydrogens is 281 g/mol. The number of carbonyl (C=O) groups excluding carboxylic acids is 1. The van der Waals surface area contributed by atoms with Gasteiger partial charge in [-0.15, -0.1) is 0 Å². The highest BCUT2D eigenvalue weighted by molar-refractivity contribution is 6.00. The SMILES string of the molecule is CCNc1c(C(=O)N(C)CC(C)C)cccc1C(F)(F)F. The van der Waals surface area contributed by atoms with Crippen molar-refractivity contribution in [2.75, 3.05) is 25.5 Å². The van der Waals surface area contributed by atoms with Gasteiger partial charge in [-0.2, -0.15) is 13.2 Å². The van der Waals surface area contributed by atoms with Gasteiger partial charge in [0.15, 0.2) is 0 Å². The first kappa shape index (κ1) is 17.3. The fraction of sp³-hybridized carbons (Fsp3) is 0.533. The van der Waals surface area contributed by atoms with Crippen molar-refractivity contribution in [2.24, 2.45) is 5.92 Å². The number of nitrogens with zero attached hydrogens (tertiary/aromatic N) is 1. The number of hydrogen-bond donors (Lipinski definition) is 1. The zero-order valence-corrected chi connectivity index (χ0v) is 12.7. The van der Waals surface area contributed by atoms with Crippen LogP contribution in [0.3, 0.4) is 0 Å². The van der Waals surface area contributed by atoms with E-state index in [2.05, 4.69) is 5.32 Å². The number of hydrogen-bond acceptors (Lipinski definition) is 2. The van der Waals surface area contributed by atoms with Crippen LogP contribution in [0.1, 0.15) is 36.7 Å². The molecule has 0 radical (unpaired) electrons. The zero-order valence-electron chi connectivity index (χ0n) is 12.7. The van der Waals surface area contributed by atoms with Gasteiger partial charge in [-0.25, -0.2) is 0 Å². The molecular formula is C15H21F3N2O. The molecule has 0 atom stereocenters. The summed E-state index contributed by atoms with van der Waals surface area (Å²) in [5.41, 5.74) is -0.906. The second kappa shape index (κ2) is 6.83. The van der Waals surface area contributed by atoms with Gasteiger partial charge in [0.2, 0.25) is 0 Å². The minimum atomic E-state index is -4.50. The normalized spacial score (nSPS) is 11.6. The Morgan fingerprint density at radius 1 is 1.33 bits per heavy atom. The van der Waals surface area contributed by atoms with Gasteiger partial charge in [0.1, 0.15) is 0 Å². The van der Waals surface area contributed by atoms with Gasteiger partial charge in [0.25, 0.3) is 5.91 Å². The van der Waals surface area contributed by atoms with Crippen LogP contribution in [0.5, 0.6) is 0 Å². The molecule has 1 rings (SSSR count). The lowest BCUT2D eigenvalue weighted by molar-refractivity contribution is -0.137. The molecule has 0 aliphatic carbocycles. The monoisotopic (exact) mass is 302 g/mol. The number of para-hydroxylation sites is 1. The molecule has 0 aliphatic rings. The maximum Gasteiger partial charge on any atom is 0.418 e. The Morgan fingerprint density at radius 2 is 1.95 bits per heavy atom. The van der Waals surface area contributed by atoms with Crippen LogP contribution in [0.25, 0.3) is 0 Å². The highest BCUT2D eigenvalue weighted by Gasteiger charge is 2.35. The number of amides is 1. The van der Waals surface area contributed by atoms with Crippen LogP contribution in [0.4, 0.5) is 18.9 Å². The molecule has 0 saturated heterocycles. The largest absolute Gasteiger partial charge is 0.418 e. The Labute approximate surface area is 123 Å². The molecule has 0 aliphatic heterocycles. The molecule has 6 heteroatoms. The van der Waals surface area contributed by atoms with Crippen molar-refractivity contribution in [1.82, 2.24) is 4.90 Å². The summed E-state index contributed by atoms with van der Waals surface area (Å²) in [4.78, 5) is 13.8. The maximum absolute atomic E-state index is 13.1. The van der Waals surface area contributed by atoms with E-state index >= 15 is 0 Å². The first-order valence-corrected chi connectivity index (χ1v) is 6.88. The van der Waals surface area contributed by atoms with Gasteiger partial charge in [-0.3, -0.25) is 4.79 Å². The minimum Gasteiger partial charge on any atom is -0.384 e. The molecule has 0 saturated carbocycles. The summed E-state index contributed by atoms with van der Waals surface area (Å²) in [6.45, 7) is 6.38. The topological polar surface area (TPSA) is 32.3 Å². The highest BCUT2D eigenvalue weighted by Crippen LogP contribution is 2.37. The van der Waals surface area contributed by atoms with Crippen LogP contribution in [0, 0.1) is 5.92 Å². The Morgan fingerprint density at radius 3 is 2.43 bits per heavy atom. The second-order valence-corrected chi connectivity index (χ2v) is 5.34. The average molecular weight is 302 g/mol. The van der Waals surface area contributed by atoms with E-state index in [4.69, 9.17) is 0 Å². The van der Waals surface area contributed by atoms with Crippen LogP contribution in [0.2, 0.25) is 0 Å². The Kier molecular flexibility index (Phi) is 5.63. The molecule has 0 unspecified atom stereocenters. The Balaban J connectivity index is 3.26. The van der Waals surface area contributed by atoms with Crippen molar-refractivity contribution >= 4 is 11.6 Å². The van der Waals surface area contributed by atoms with E-state index in [1.54, 1.807) is 14.0 Å². The smallest absolute Gasteiger partial charge is 0.384 e.